The summed E-state index contributed by atoms with van der Waals surface area (Å²) in [5.41, 5.74) is 0. The standard InChI is InChI=1S/C6H13BO5/c7-6-5(11)4(10)3(9)2(1-8)12-6/h2-6,8-11H,1,7H2/t2-,3-,4+,5-,6+/m1/s1. The van der Waals surface area contributed by atoms with Crippen molar-refractivity contribution in [1.82, 2.24) is 0 Å². The molecule has 4 N–H and O–H groups in total. The van der Waals surface area contributed by atoms with Gasteiger partial charge in [0, 0.05) is 0 Å². The summed E-state index contributed by atoms with van der Waals surface area (Å²) in [6, 6.07) is -0.569. The van der Waals surface area contributed by atoms with Crippen LogP contribution in [-0.4, -0.2) is 65.3 Å². The highest BCUT2D eigenvalue weighted by atomic mass is 16.5. The van der Waals surface area contributed by atoms with Gasteiger partial charge in [-0.15, -0.1) is 0 Å². The van der Waals surface area contributed by atoms with Crippen molar-refractivity contribution in [2.75, 3.05) is 6.61 Å². The normalized spacial score (nSPS) is 49.2. The Kier molecular flexibility index (Phi) is 3.08. The molecule has 12 heavy (non-hydrogen) atoms. The Morgan fingerprint density at radius 2 is 1.67 bits per heavy atom. The van der Waals surface area contributed by atoms with Gasteiger partial charge in [-0.25, -0.2) is 0 Å². The summed E-state index contributed by atoms with van der Waals surface area (Å²) in [7, 11) is 1.57. The van der Waals surface area contributed by atoms with Gasteiger partial charge in [0.05, 0.1) is 12.6 Å². The van der Waals surface area contributed by atoms with Gasteiger partial charge in [0.15, 0.2) is 0 Å². The Morgan fingerprint density at radius 1 is 1.08 bits per heavy atom. The third-order valence-corrected chi connectivity index (χ3v) is 2.13. The van der Waals surface area contributed by atoms with E-state index in [0.717, 1.165) is 0 Å². The predicted molar refractivity (Wildman–Crippen MR) is 42.3 cm³/mol. The molecule has 0 radical (unpaired) electrons. The van der Waals surface area contributed by atoms with Crippen LogP contribution in [0.15, 0.2) is 0 Å². The molecule has 0 saturated carbocycles. The summed E-state index contributed by atoms with van der Waals surface area (Å²) in [5.74, 6) is 0. The Morgan fingerprint density at radius 3 is 2.17 bits per heavy atom. The molecule has 0 bridgehead atoms. The van der Waals surface area contributed by atoms with Crippen molar-refractivity contribution in [3.63, 3.8) is 0 Å². The van der Waals surface area contributed by atoms with E-state index in [4.69, 9.17) is 9.84 Å². The maximum absolute atomic E-state index is 9.23. The first-order valence-electron chi connectivity index (χ1n) is 3.88. The van der Waals surface area contributed by atoms with Crippen LogP contribution in [0.4, 0.5) is 0 Å². The maximum Gasteiger partial charge on any atom is 0.142 e. The van der Waals surface area contributed by atoms with Gasteiger partial charge in [-0.1, -0.05) is 0 Å². The first-order valence-corrected chi connectivity index (χ1v) is 3.88. The van der Waals surface area contributed by atoms with Crippen LogP contribution >= 0.6 is 0 Å². The van der Waals surface area contributed by atoms with Crippen molar-refractivity contribution < 1.29 is 25.2 Å². The van der Waals surface area contributed by atoms with Crippen molar-refractivity contribution in [3.05, 3.63) is 0 Å². The van der Waals surface area contributed by atoms with Gasteiger partial charge in [-0.2, -0.15) is 0 Å². The molecule has 0 aromatic rings. The minimum atomic E-state index is -1.24. The molecule has 70 valence electrons. The van der Waals surface area contributed by atoms with Crippen molar-refractivity contribution >= 4 is 7.85 Å². The largest absolute Gasteiger partial charge is 0.394 e. The van der Waals surface area contributed by atoms with E-state index in [1.54, 1.807) is 7.85 Å². The molecule has 0 aromatic heterocycles. The number of hydrogen-bond acceptors (Lipinski definition) is 5. The smallest absolute Gasteiger partial charge is 0.142 e. The lowest BCUT2D eigenvalue weighted by Gasteiger charge is -2.38. The first-order chi connectivity index (χ1) is 5.57. The van der Waals surface area contributed by atoms with Crippen LogP contribution in [0.3, 0.4) is 0 Å². The first kappa shape index (κ1) is 9.95. The van der Waals surface area contributed by atoms with Crippen molar-refractivity contribution in [2.45, 2.75) is 30.4 Å². The SMILES string of the molecule is B[C@H]1O[C@H](CO)[C@@H](O)[C@H](O)[C@H]1O. The molecule has 0 amide bonds. The average Bonchev–Trinajstić information content (AvgIpc) is 2.08. The van der Waals surface area contributed by atoms with E-state index < -0.39 is 30.4 Å². The number of rotatable bonds is 1. The van der Waals surface area contributed by atoms with Gasteiger partial charge in [0.2, 0.25) is 0 Å². The lowest BCUT2D eigenvalue weighted by atomic mass is 9.85. The third-order valence-electron chi connectivity index (χ3n) is 2.13. The molecular weight excluding hydrogens is 163 g/mol. The lowest BCUT2D eigenvalue weighted by Crippen LogP contribution is -2.58. The topological polar surface area (TPSA) is 90.2 Å². The molecule has 5 nitrogen and oxygen atoms in total. The number of aliphatic hydroxyl groups excluding tert-OH is 4. The van der Waals surface area contributed by atoms with Gasteiger partial charge in [-0.3, -0.25) is 0 Å². The molecule has 0 aromatic carbocycles. The maximum atomic E-state index is 9.23. The monoisotopic (exact) mass is 176 g/mol. The van der Waals surface area contributed by atoms with Gasteiger partial charge in [0.25, 0.3) is 0 Å². The fraction of sp³-hybridized carbons (Fsp3) is 1.00. The van der Waals surface area contributed by atoms with Gasteiger partial charge >= 0.3 is 0 Å². The fourth-order valence-corrected chi connectivity index (χ4v) is 1.29. The van der Waals surface area contributed by atoms with Crippen LogP contribution in [0.5, 0.6) is 0 Å². The predicted octanol–water partition coefficient (Wildman–Crippen LogP) is -3.58. The van der Waals surface area contributed by atoms with E-state index in [-0.39, 0.29) is 6.61 Å². The minimum absolute atomic E-state index is 0.366. The second-order valence-electron chi connectivity index (χ2n) is 3.03. The molecule has 1 saturated heterocycles. The zero-order valence-electron chi connectivity index (χ0n) is 6.79. The molecule has 5 atom stereocenters. The van der Waals surface area contributed by atoms with Crippen LogP contribution in [0.1, 0.15) is 0 Å². The van der Waals surface area contributed by atoms with Gasteiger partial charge in [0.1, 0.15) is 32.3 Å². The average molecular weight is 176 g/mol. The summed E-state index contributed by atoms with van der Waals surface area (Å²) in [6.07, 6.45) is -4.37. The molecule has 1 heterocycles. The number of hydrogen-bond donors (Lipinski definition) is 4. The van der Waals surface area contributed by atoms with Crippen LogP contribution in [0, 0.1) is 0 Å². The van der Waals surface area contributed by atoms with E-state index in [0.29, 0.717) is 0 Å². The minimum Gasteiger partial charge on any atom is -0.394 e. The molecule has 1 aliphatic heterocycles. The van der Waals surface area contributed by atoms with E-state index in [9.17, 15) is 15.3 Å². The molecule has 1 rings (SSSR count). The molecule has 1 fully saturated rings. The van der Waals surface area contributed by atoms with Crippen LogP contribution in [0.25, 0.3) is 0 Å². The highest BCUT2D eigenvalue weighted by Crippen LogP contribution is 2.18. The Hall–Kier alpha value is -0.135. The zero-order chi connectivity index (χ0) is 9.30. The van der Waals surface area contributed by atoms with Crippen molar-refractivity contribution in [1.29, 1.82) is 0 Å². The van der Waals surface area contributed by atoms with Crippen LogP contribution < -0.4 is 0 Å². The highest BCUT2D eigenvalue weighted by Gasteiger charge is 2.40. The Bertz CT molecular complexity index is 150. The molecule has 0 spiro atoms. The van der Waals surface area contributed by atoms with E-state index in [2.05, 4.69) is 0 Å². The summed E-state index contributed by atoms with van der Waals surface area (Å²) >= 11 is 0. The van der Waals surface area contributed by atoms with Crippen LogP contribution in [-0.2, 0) is 4.74 Å². The molecule has 0 unspecified atom stereocenters. The summed E-state index contributed by atoms with van der Waals surface area (Å²) in [4.78, 5) is 0. The van der Waals surface area contributed by atoms with E-state index in [1.807, 2.05) is 0 Å². The van der Waals surface area contributed by atoms with E-state index in [1.165, 1.54) is 0 Å². The zero-order valence-corrected chi connectivity index (χ0v) is 6.79. The number of aliphatic hydroxyl groups is 4. The lowest BCUT2D eigenvalue weighted by molar-refractivity contribution is -0.208. The highest BCUT2D eigenvalue weighted by molar-refractivity contribution is 6.11. The number of ether oxygens (including phenoxy) is 1. The molecule has 6 heteroatoms. The third kappa shape index (κ3) is 1.62. The summed E-state index contributed by atoms with van der Waals surface area (Å²) in [5, 5.41) is 36.4. The van der Waals surface area contributed by atoms with E-state index >= 15 is 0 Å². The molecular formula is C6H13BO5. The summed E-state index contributed by atoms with van der Waals surface area (Å²) < 4.78 is 5.02. The Balaban J connectivity index is 2.63. The van der Waals surface area contributed by atoms with Crippen LogP contribution in [0.2, 0.25) is 0 Å². The second kappa shape index (κ2) is 3.72. The Labute approximate surface area is 71.0 Å². The summed E-state index contributed by atoms with van der Waals surface area (Å²) in [6.45, 7) is -0.366. The molecule has 0 aliphatic carbocycles. The quantitative estimate of drug-likeness (QED) is 0.310. The second-order valence-corrected chi connectivity index (χ2v) is 3.03. The van der Waals surface area contributed by atoms with Crippen molar-refractivity contribution in [3.8, 4) is 0 Å². The van der Waals surface area contributed by atoms with Gasteiger partial charge in [-0.05, 0) is 0 Å². The van der Waals surface area contributed by atoms with Crippen molar-refractivity contribution in [2.24, 2.45) is 0 Å². The molecule has 1 aliphatic rings. The van der Waals surface area contributed by atoms with Gasteiger partial charge < -0.3 is 25.2 Å². The fourth-order valence-electron chi connectivity index (χ4n) is 1.29.